The molecule has 3 heterocycles. The minimum absolute atomic E-state index is 0.239. The van der Waals surface area contributed by atoms with Crippen LogP contribution in [0.2, 0.25) is 0 Å². The maximum absolute atomic E-state index is 13.9. The van der Waals surface area contributed by atoms with E-state index in [4.69, 9.17) is 4.74 Å². The van der Waals surface area contributed by atoms with Crippen LogP contribution >= 0.6 is 0 Å². The summed E-state index contributed by atoms with van der Waals surface area (Å²) < 4.78 is 19.1. The van der Waals surface area contributed by atoms with Gasteiger partial charge in [0.05, 0.1) is 6.61 Å². The number of anilines is 1. The lowest BCUT2D eigenvalue weighted by atomic mass is 9.97. The third-order valence-corrected chi connectivity index (χ3v) is 5.67. The van der Waals surface area contributed by atoms with Gasteiger partial charge in [-0.1, -0.05) is 0 Å². The van der Waals surface area contributed by atoms with Crippen molar-refractivity contribution in [2.45, 2.75) is 25.3 Å². The Morgan fingerprint density at radius 1 is 1.32 bits per heavy atom. The number of nitrogens with one attached hydrogen (secondary N) is 2. The second-order valence-electron chi connectivity index (χ2n) is 7.62. The number of aliphatic imine (C=N–C) groups is 1. The molecule has 1 aromatic rings. The summed E-state index contributed by atoms with van der Waals surface area (Å²) in [6, 6.07) is 3.33. The first-order valence-corrected chi connectivity index (χ1v) is 10.2. The van der Waals surface area contributed by atoms with Crippen molar-refractivity contribution in [1.82, 2.24) is 20.5 Å². The molecule has 0 amide bonds. The van der Waals surface area contributed by atoms with Gasteiger partial charge in [-0.15, -0.1) is 0 Å². The van der Waals surface area contributed by atoms with Crippen LogP contribution in [0, 0.1) is 11.7 Å². The molecule has 1 atom stereocenters. The van der Waals surface area contributed by atoms with Crippen LogP contribution in [-0.2, 0) is 4.74 Å². The summed E-state index contributed by atoms with van der Waals surface area (Å²) in [5.74, 6) is 1.67. The lowest BCUT2D eigenvalue weighted by Crippen LogP contribution is -2.47. The van der Waals surface area contributed by atoms with Crippen molar-refractivity contribution in [3.63, 3.8) is 0 Å². The summed E-state index contributed by atoms with van der Waals surface area (Å²) in [6.45, 7) is 6.55. The van der Waals surface area contributed by atoms with Gasteiger partial charge in [-0.3, -0.25) is 4.99 Å². The lowest BCUT2D eigenvalue weighted by molar-refractivity contribution is 0.121. The number of methoxy groups -OCH3 is 1. The molecule has 2 aliphatic heterocycles. The Morgan fingerprint density at radius 2 is 2.14 bits per heavy atom. The zero-order chi connectivity index (χ0) is 19.8. The fourth-order valence-corrected chi connectivity index (χ4v) is 3.94. The smallest absolute Gasteiger partial charge is 0.191 e. The Bertz CT molecular complexity index is 635. The van der Waals surface area contributed by atoms with E-state index in [1.54, 1.807) is 26.4 Å². The van der Waals surface area contributed by atoms with Gasteiger partial charge in [0, 0.05) is 52.6 Å². The van der Waals surface area contributed by atoms with Crippen molar-refractivity contribution < 1.29 is 9.13 Å². The van der Waals surface area contributed by atoms with E-state index in [1.165, 1.54) is 18.9 Å². The molecule has 0 bridgehead atoms. The number of halogens is 1. The third kappa shape index (κ3) is 5.78. The van der Waals surface area contributed by atoms with E-state index in [2.05, 4.69) is 25.5 Å². The van der Waals surface area contributed by atoms with Crippen LogP contribution < -0.4 is 15.5 Å². The average Bonchev–Trinajstić information content (AvgIpc) is 3.19. The van der Waals surface area contributed by atoms with Gasteiger partial charge in [0.15, 0.2) is 17.6 Å². The van der Waals surface area contributed by atoms with Crippen LogP contribution in [0.4, 0.5) is 10.2 Å². The first-order chi connectivity index (χ1) is 13.7. The number of aromatic nitrogens is 1. The zero-order valence-electron chi connectivity index (χ0n) is 17.0. The Hall–Kier alpha value is -1.93. The van der Waals surface area contributed by atoms with E-state index in [1.807, 2.05) is 4.90 Å². The fraction of sp³-hybridized carbons (Fsp3) is 0.700. The van der Waals surface area contributed by atoms with Crippen molar-refractivity contribution in [1.29, 1.82) is 0 Å². The summed E-state index contributed by atoms with van der Waals surface area (Å²) in [7, 11) is 3.56. The van der Waals surface area contributed by atoms with Gasteiger partial charge in [-0.2, -0.15) is 0 Å². The Labute approximate surface area is 167 Å². The molecular formula is C20H33FN6O. The van der Waals surface area contributed by atoms with Gasteiger partial charge in [0.1, 0.15) is 0 Å². The van der Waals surface area contributed by atoms with Gasteiger partial charge in [-0.25, -0.2) is 9.37 Å². The van der Waals surface area contributed by atoms with E-state index in [-0.39, 0.29) is 11.9 Å². The molecule has 2 saturated heterocycles. The largest absolute Gasteiger partial charge is 0.383 e. The number of guanidine groups is 1. The lowest BCUT2D eigenvalue weighted by Gasteiger charge is -2.32. The van der Waals surface area contributed by atoms with E-state index in [0.29, 0.717) is 11.7 Å². The Balaban J connectivity index is 1.39. The maximum atomic E-state index is 13.9. The number of nitrogens with zero attached hydrogens (tertiary/aromatic N) is 4. The Morgan fingerprint density at radius 3 is 2.86 bits per heavy atom. The Kier molecular flexibility index (Phi) is 7.85. The van der Waals surface area contributed by atoms with Gasteiger partial charge in [-0.05, 0) is 50.4 Å². The number of ether oxygens (including phenoxy) is 1. The molecule has 1 unspecified atom stereocenters. The second-order valence-corrected chi connectivity index (χ2v) is 7.62. The molecular weight excluding hydrogens is 359 g/mol. The molecule has 2 N–H and O–H groups in total. The van der Waals surface area contributed by atoms with E-state index >= 15 is 0 Å². The molecule has 1 aromatic heterocycles. The van der Waals surface area contributed by atoms with Gasteiger partial charge < -0.3 is 25.2 Å². The molecule has 156 valence electrons. The molecule has 2 fully saturated rings. The van der Waals surface area contributed by atoms with Crippen molar-refractivity contribution in [2.75, 3.05) is 64.9 Å². The van der Waals surface area contributed by atoms with E-state index in [0.717, 1.165) is 58.3 Å². The normalized spacial score (nSPS) is 21.9. The number of piperidine rings is 1. The minimum Gasteiger partial charge on any atom is -0.383 e. The first kappa shape index (κ1) is 20.8. The van der Waals surface area contributed by atoms with Crippen molar-refractivity contribution >= 4 is 11.8 Å². The zero-order valence-corrected chi connectivity index (χ0v) is 17.0. The molecule has 0 radical (unpaired) electrons. The highest BCUT2D eigenvalue weighted by Gasteiger charge is 2.26. The highest BCUT2D eigenvalue weighted by Crippen LogP contribution is 2.21. The monoisotopic (exact) mass is 392 g/mol. The van der Waals surface area contributed by atoms with Crippen LogP contribution in [0.25, 0.3) is 0 Å². The molecule has 0 aromatic carbocycles. The van der Waals surface area contributed by atoms with Crippen molar-refractivity contribution in [3.05, 3.63) is 24.1 Å². The molecule has 0 spiro atoms. The van der Waals surface area contributed by atoms with E-state index < -0.39 is 0 Å². The summed E-state index contributed by atoms with van der Waals surface area (Å²) in [6.07, 6.45) is 4.97. The molecule has 28 heavy (non-hydrogen) atoms. The van der Waals surface area contributed by atoms with Gasteiger partial charge in [0.25, 0.3) is 0 Å². The predicted octanol–water partition coefficient (Wildman–Crippen LogP) is 1.32. The standard InChI is InChI=1S/C20H33FN6O/c1-22-20(24-14-16-5-9-26(10-6-16)12-13-28-2)25-17-7-11-27(15-17)19-18(21)4-3-8-23-19/h3-4,8,16-17H,5-7,9-15H2,1-2H3,(H2,22,24,25). The number of rotatable bonds is 7. The van der Waals surface area contributed by atoms with E-state index in [9.17, 15) is 4.39 Å². The molecule has 0 saturated carbocycles. The number of hydrogen-bond acceptors (Lipinski definition) is 5. The molecule has 3 rings (SSSR count). The number of likely N-dealkylation sites (tertiary alicyclic amines) is 1. The molecule has 0 aliphatic carbocycles. The molecule has 2 aliphatic rings. The topological polar surface area (TPSA) is 65.0 Å². The van der Waals surface area contributed by atoms with Crippen LogP contribution in [-0.4, -0.2) is 81.9 Å². The molecule has 8 heteroatoms. The second kappa shape index (κ2) is 10.6. The van der Waals surface area contributed by atoms with Crippen LogP contribution in [0.15, 0.2) is 23.3 Å². The quantitative estimate of drug-likeness (QED) is 0.539. The van der Waals surface area contributed by atoms with Gasteiger partial charge >= 0.3 is 0 Å². The van der Waals surface area contributed by atoms with Crippen LogP contribution in [0.3, 0.4) is 0 Å². The van der Waals surface area contributed by atoms with Crippen molar-refractivity contribution in [3.8, 4) is 0 Å². The van der Waals surface area contributed by atoms with Crippen LogP contribution in [0.1, 0.15) is 19.3 Å². The third-order valence-electron chi connectivity index (χ3n) is 5.67. The number of pyridine rings is 1. The minimum atomic E-state index is -0.262. The summed E-state index contributed by atoms with van der Waals surface area (Å²) in [4.78, 5) is 13.0. The first-order valence-electron chi connectivity index (χ1n) is 10.2. The highest BCUT2D eigenvalue weighted by atomic mass is 19.1. The highest BCUT2D eigenvalue weighted by molar-refractivity contribution is 5.80. The SMILES string of the molecule is CN=C(NCC1CCN(CCOC)CC1)NC1CCN(c2ncccc2F)C1. The summed E-state index contributed by atoms with van der Waals surface area (Å²) in [5.41, 5.74) is 0. The van der Waals surface area contributed by atoms with Crippen molar-refractivity contribution in [2.24, 2.45) is 10.9 Å². The fourth-order valence-electron chi connectivity index (χ4n) is 3.94. The van der Waals surface area contributed by atoms with Gasteiger partial charge in [0.2, 0.25) is 0 Å². The summed E-state index contributed by atoms with van der Waals surface area (Å²) >= 11 is 0. The molecule has 7 nitrogen and oxygen atoms in total. The summed E-state index contributed by atoms with van der Waals surface area (Å²) in [5, 5.41) is 6.96. The average molecular weight is 393 g/mol. The maximum Gasteiger partial charge on any atom is 0.191 e. The number of hydrogen-bond donors (Lipinski definition) is 2. The van der Waals surface area contributed by atoms with Crippen LogP contribution in [0.5, 0.6) is 0 Å². The predicted molar refractivity (Wildman–Crippen MR) is 110 cm³/mol.